The van der Waals surface area contributed by atoms with Crippen LogP contribution in [0.15, 0.2) is 54.6 Å². The van der Waals surface area contributed by atoms with Gasteiger partial charge in [0.1, 0.15) is 12.1 Å². The average Bonchev–Trinajstić information content (AvgIpc) is 4.01. The summed E-state index contributed by atoms with van der Waals surface area (Å²) in [5.74, 6) is -1.63. The first kappa shape index (κ1) is 47.8. The molecule has 0 unspecified atom stereocenters. The highest BCUT2D eigenvalue weighted by molar-refractivity contribution is 8.13. The van der Waals surface area contributed by atoms with Crippen LogP contribution in [-0.4, -0.2) is 93.7 Å². The number of carbonyl (C=O) groups is 5. The van der Waals surface area contributed by atoms with Gasteiger partial charge in [-0.1, -0.05) is 86.6 Å². The summed E-state index contributed by atoms with van der Waals surface area (Å²) in [5.41, 5.74) is -3.81. The Morgan fingerprint density at radius 1 is 0.919 bits per heavy atom. The fourth-order valence-electron chi connectivity index (χ4n) is 8.38. The Labute approximate surface area is 373 Å². The minimum Gasteiger partial charge on any atom is -0.340 e. The minimum atomic E-state index is -5.22. The van der Waals surface area contributed by atoms with Gasteiger partial charge in [-0.25, -0.2) is 0 Å². The van der Waals surface area contributed by atoms with Crippen LogP contribution >= 0.6 is 42.5 Å². The molecule has 0 aliphatic carbocycles. The quantitative estimate of drug-likeness (QED) is 0.0957. The predicted octanol–water partition coefficient (Wildman–Crippen LogP) is 9.09. The third-order valence-electron chi connectivity index (χ3n) is 11.5. The van der Waals surface area contributed by atoms with E-state index in [1.165, 1.54) is 12.1 Å². The zero-order valence-corrected chi connectivity index (χ0v) is 38.3. The van der Waals surface area contributed by atoms with E-state index in [4.69, 9.17) is 9.05 Å². The molecule has 4 heterocycles. The van der Waals surface area contributed by atoms with Crippen LogP contribution in [0.5, 0.6) is 0 Å². The first-order valence-electron chi connectivity index (χ1n) is 21.3. The largest absolute Gasteiger partial charge is 0.404 e. The number of nitriles is 1. The predicted molar refractivity (Wildman–Crippen MR) is 238 cm³/mol. The van der Waals surface area contributed by atoms with E-state index >= 15 is 8.78 Å². The molecule has 0 radical (unpaired) electrons. The molecule has 1 N–H and O–H groups in total. The lowest BCUT2D eigenvalue weighted by molar-refractivity contribution is -0.146. The lowest BCUT2D eigenvalue weighted by Crippen LogP contribution is -2.56. The number of hydrogen-bond acceptors (Lipinski definition) is 12. The second-order valence-corrected chi connectivity index (χ2v) is 21.3. The summed E-state index contributed by atoms with van der Waals surface area (Å²) < 4.78 is 57.7. The number of fused-ring (bicyclic) bond motifs is 2. The number of halogens is 2. The van der Waals surface area contributed by atoms with Crippen molar-refractivity contribution in [3.63, 3.8) is 0 Å². The molecule has 0 saturated carbocycles. The van der Waals surface area contributed by atoms with Gasteiger partial charge in [0.2, 0.25) is 11.8 Å². The number of thioether (sulfide) groups is 2. The summed E-state index contributed by atoms with van der Waals surface area (Å²) >= 11 is 2.85. The van der Waals surface area contributed by atoms with Gasteiger partial charge in [-0.3, -0.25) is 28.5 Å². The number of amides is 3. The molecule has 3 fully saturated rings. The van der Waals surface area contributed by atoms with E-state index in [-0.39, 0.29) is 68.2 Å². The van der Waals surface area contributed by atoms with Gasteiger partial charge in [0.15, 0.2) is 10.2 Å². The van der Waals surface area contributed by atoms with Crippen LogP contribution in [0.4, 0.5) is 8.78 Å². The maximum atomic E-state index is 16.3. The normalized spacial score (nSPS) is 21.9. The van der Waals surface area contributed by atoms with Crippen molar-refractivity contribution in [2.45, 2.75) is 108 Å². The van der Waals surface area contributed by atoms with Gasteiger partial charge in [-0.2, -0.15) is 14.0 Å². The van der Waals surface area contributed by atoms with Gasteiger partial charge >= 0.3 is 13.3 Å². The Bertz CT molecular complexity index is 2160. The van der Waals surface area contributed by atoms with Crippen molar-refractivity contribution in [2.24, 2.45) is 5.92 Å². The van der Waals surface area contributed by atoms with Crippen molar-refractivity contribution in [3.8, 4) is 6.07 Å². The molecular weight excluding hydrogens is 878 g/mol. The summed E-state index contributed by atoms with van der Waals surface area (Å²) in [6, 6.07) is 15.3. The Morgan fingerprint density at radius 3 is 2.23 bits per heavy atom. The number of hydrogen-bond donors (Lipinski definition) is 1. The first-order chi connectivity index (χ1) is 29.8. The van der Waals surface area contributed by atoms with Gasteiger partial charge in [0.25, 0.3) is 5.91 Å². The van der Waals surface area contributed by atoms with Crippen LogP contribution in [0.2, 0.25) is 0 Å². The average molecular weight is 931 g/mol. The Hall–Kier alpha value is -3.65. The molecule has 3 aromatic rings. The van der Waals surface area contributed by atoms with Crippen molar-refractivity contribution in [1.82, 2.24) is 15.1 Å². The summed E-state index contributed by atoms with van der Waals surface area (Å²) in [4.78, 5) is 69.8. The first-order valence-corrected chi connectivity index (χ1v) is 25.6. The van der Waals surface area contributed by atoms with Crippen molar-refractivity contribution in [2.75, 3.05) is 37.8 Å². The second-order valence-electron chi connectivity index (χ2n) is 15.8. The van der Waals surface area contributed by atoms with E-state index in [0.717, 1.165) is 65.4 Å². The maximum Gasteiger partial charge on any atom is 0.404 e. The van der Waals surface area contributed by atoms with Gasteiger partial charge < -0.3 is 24.2 Å². The standard InChI is InChI=1S/C44H53F2N4O8PS3/c1-3-10-39(51)60-22-20-57-59(56,58-21-23-61-40(52)11-4-2)44(45,46)32-16-19-37-30(24-32)25-38(62-37)41(53)48-35-15-9-8-14-33-17-18-36(50(33)42(35)54)43(55)49-27-31(26-47)34(28-49)29-12-6-5-7-13-29/h5-7,12-13,16,19,24-25,31,33-36H,3-4,8-11,14-15,17-18,20-23,27-28H2,1-2H3,(H,48,53)/t31-,33-,34+,35-,36-/m0/s1. The smallest absolute Gasteiger partial charge is 0.340 e. The molecule has 3 aliphatic rings. The molecule has 3 saturated heterocycles. The molecule has 62 heavy (non-hydrogen) atoms. The Balaban J connectivity index is 1.15. The fraction of sp³-hybridized carbons (Fsp3) is 0.545. The van der Waals surface area contributed by atoms with Crippen molar-refractivity contribution in [1.29, 1.82) is 5.26 Å². The van der Waals surface area contributed by atoms with E-state index in [1.54, 1.807) is 9.80 Å². The van der Waals surface area contributed by atoms with Gasteiger partial charge in [-0.05, 0) is 67.7 Å². The zero-order chi connectivity index (χ0) is 44.4. The fourth-order valence-corrected chi connectivity index (χ4v) is 12.6. The third kappa shape index (κ3) is 11.2. The molecule has 1 aromatic heterocycles. The Morgan fingerprint density at radius 2 is 1.58 bits per heavy atom. The number of thiophene rings is 1. The highest BCUT2D eigenvalue weighted by Crippen LogP contribution is 2.67. The lowest BCUT2D eigenvalue weighted by atomic mass is 9.90. The van der Waals surface area contributed by atoms with Crippen LogP contribution in [0.3, 0.4) is 0 Å². The molecule has 3 aliphatic heterocycles. The molecule has 0 bridgehead atoms. The molecular formula is C44H53F2N4O8PS3. The molecule has 12 nitrogen and oxygen atoms in total. The minimum absolute atomic E-state index is 0.0106. The molecule has 5 atom stereocenters. The zero-order valence-electron chi connectivity index (χ0n) is 34.9. The van der Waals surface area contributed by atoms with Gasteiger partial charge in [-0.15, -0.1) is 11.3 Å². The summed E-state index contributed by atoms with van der Waals surface area (Å²) in [7, 11) is -5.22. The topological polar surface area (TPSA) is 163 Å². The lowest BCUT2D eigenvalue weighted by Gasteiger charge is -2.36. The number of alkyl halides is 2. The van der Waals surface area contributed by atoms with Crippen molar-refractivity contribution in [3.05, 3.63) is 70.6 Å². The number of nitrogens with one attached hydrogen (secondary N) is 1. The second kappa shape index (κ2) is 21.8. The van der Waals surface area contributed by atoms with E-state index in [0.29, 0.717) is 62.6 Å². The van der Waals surface area contributed by atoms with Crippen molar-refractivity contribution >= 4 is 80.5 Å². The number of nitrogens with zero attached hydrogens (tertiary/aromatic N) is 3. The summed E-state index contributed by atoms with van der Waals surface area (Å²) in [6.45, 7) is 3.45. The Kier molecular flexibility index (Phi) is 16.8. The van der Waals surface area contributed by atoms with E-state index in [2.05, 4.69) is 11.4 Å². The summed E-state index contributed by atoms with van der Waals surface area (Å²) in [5, 5.41) is 12.8. The highest BCUT2D eigenvalue weighted by atomic mass is 32.2. The SMILES string of the molecule is CCCC(=O)SCCOP(=O)(OCCSC(=O)CCC)C(F)(F)c1ccc2sc(C(=O)N[C@H]3CCCC[C@H]4CC[C@@H](C(=O)N5C[C@H](c6ccccc6)[C@@H](C#N)C5)N4C3=O)cc2c1. The molecule has 6 rings (SSSR count). The van der Waals surface area contributed by atoms with Crippen LogP contribution in [0, 0.1) is 17.2 Å². The van der Waals surface area contributed by atoms with Crippen molar-refractivity contribution < 1.29 is 46.4 Å². The molecule has 3 amide bonds. The molecule has 2 aromatic carbocycles. The van der Waals surface area contributed by atoms with E-state index in [9.17, 15) is 33.8 Å². The van der Waals surface area contributed by atoms with Crippen LogP contribution < -0.4 is 5.32 Å². The number of rotatable bonds is 18. The van der Waals surface area contributed by atoms with Crippen LogP contribution in [0.25, 0.3) is 10.1 Å². The van der Waals surface area contributed by atoms with E-state index in [1.807, 2.05) is 44.2 Å². The van der Waals surface area contributed by atoms with Crippen LogP contribution in [0.1, 0.15) is 105 Å². The van der Waals surface area contributed by atoms with Crippen LogP contribution in [-0.2, 0) is 38.5 Å². The molecule has 18 heteroatoms. The number of likely N-dealkylation sites (tertiary alicyclic amines) is 1. The van der Waals surface area contributed by atoms with Gasteiger partial charge in [0.05, 0.1) is 30.1 Å². The maximum absolute atomic E-state index is 16.3. The highest BCUT2D eigenvalue weighted by Gasteiger charge is 2.55. The van der Waals surface area contributed by atoms with E-state index < -0.39 is 50.0 Å². The number of carbonyl (C=O) groups excluding carboxylic acids is 5. The van der Waals surface area contributed by atoms with Gasteiger partial charge in [0, 0.05) is 59.7 Å². The molecule has 334 valence electrons. The monoisotopic (exact) mass is 930 g/mol. The summed E-state index contributed by atoms with van der Waals surface area (Å²) in [6.07, 6.45) is 5.58. The molecule has 0 spiro atoms. The third-order valence-corrected chi connectivity index (χ3v) is 16.4. The number of benzene rings is 2.